The van der Waals surface area contributed by atoms with E-state index in [-0.39, 0.29) is 11.7 Å². The Labute approximate surface area is 106 Å². The first-order chi connectivity index (χ1) is 8.54. The second-order valence-electron chi connectivity index (χ2n) is 4.06. The summed E-state index contributed by atoms with van der Waals surface area (Å²) < 4.78 is 18.6. The molecule has 4 nitrogen and oxygen atoms in total. The van der Waals surface area contributed by atoms with Crippen molar-refractivity contribution in [3.8, 4) is 5.75 Å². The van der Waals surface area contributed by atoms with Gasteiger partial charge in [0.1, 0.15) is 0 Å². The number of halogens is 1. The van der Waals surface area contributed by atoms with Crippen LogP contribution < -0.4 is 16.0 Å². The van der Waals surface area contributed by atoms with Crippen LogP contribution in [0.2, 0.25) is 0 Å². The molecule has 0 atom stereocenters. The van der Waals surface area contributed by atoms with E-state index in [1.54, 1.807) is 31.3 Å². The molecule has 1 aromatic carbocycles. The summed E-state index contributed by atoms with van der Waals surface area (Å²) in [6.45, 7) is 5.61. The summed E-state index contributed by atoms with van der Waals surface area (Å²) >= 11 is 0. The lowest BCUT2D eigenvalue weighted by Gasteiger charge is -2.09. The van der Waals surface area contributed by atoms with Gasteiger partial charge in [0.2, 0.25) is 0 Å². The van der Waals surface area contributed by atoms with Crippen LogP contribution >= 0.6 is 0 Å². The average molecular weight is 251 g/mol. The predicted molar refractivity (Wildman–Crippen MR) is 70.4 cm³/mol. The van der Waals surface area contributed by atoms with Crippen molar-refractivity contribution in [2.24, 2.45) is 16.8 Å². The average Bonchev–Trinajstić information content (AvgIpc) is 2.32. The molecule has 0 aliphatic rings. The highest BCUT2D eigenvalue weighted by Gasteiger charge is 2.03. The smallest absolute Gasteiger partial charge is 0.191 e. The van der Waals surface area contributed by atoms with Crippen molar-refractivity contribution in [3.63, 3.8) is 0 Å². The minimum absolute atomic E-state index is 0.152. The van der Waals surface area contributed by atoms with Crippen LogP contribution in [0.25, 0.3) is 0 Å². The maximum Gasteiger partial charge on any atom is 0.191 e. The van der Waals surface area contributed by atoms with Crippen molar-refractivity contribution < 1.29 is 9.13 Å². The quantitative estimate of drug-likeness (QED) is 0.374. The SMILES string of the molecule is CC(=N/C=C(/NN)C(C)C)Oc1ccccc1F. The Morgan fingerprint density at radius 1 is 1.44 bits per heavy atom. The summed E-state index contributed by atoms with van der Waals surface area (Å²) in [5.41, 5.74) is 3.33. The topological polar surface area (TPSA) is 59.6 Å². The molecule has 0 heterocycles. The lowest BCUT2D eigenvalue weighted by Crippen LogP contribution is -2.24. The van der Waals surface area contributed by atoms with E-state index < -0.39 is 5.82 Å². The number of aliphatic imine (C=N–C) groups is 1. The largest absolute Gasteiger partial charge is 0.440 e. The number of hydrogen-bond acceptors (Lipinski definition) is 4. The number of hydrogen-bond donors (Lipinski definition) is 2. The van der Waals surface area contributed by atoms with Crippen LogP contribution in [0.15, 0.2) is 41.2 Å². The highest BCUT2D eigenvalue weighted by atomic mass is 19.1. The minimum Gasteiger partial charge on any atom is -0.440 e. The van der Waals surface area contributed by atoms with E-state index in [0.717, 1.165) is 5.70 Å². The van der Waals surface area contributed by atoms with Crippen molar-refractivity contribution >= 4 is 5.90 Å². The Hall–Kier alpha value is -1.88. The summed E-state index contributed by atoms with van der Waals surface area (Å²) in [6, 6.07) is 6.17. The first-order valence-corrected chi connectivity index (χ1v) is 5.68. The Kier molecular flexibility index (Phi) is 5.32. The van der Waals surface area contributed by atoms with Crippen LogP contribution in [0.1, 0.15) is 20.8 Å². The lowest BCUT2D eigenvalue weighted by atomic mass is 10.1. The Balaban J connectivity index is 2.77. The van der Waals surface area contributed by atoms with Crippen molar-refractivity contribution in [1.29, 1.82) is 0 Å². The molecule has 5 heteroatoms. The van der Waals surface area contributed by atoms with E-state index in [9.17, 15) is 4.39 Å². The normalized spacial score (nSPS) is 12.8. The summed E-state index contributed by atoms with van der Waals surface area (Å²) in [5.74, 6) is 5.64. The Bertz CT molecular complexity index is 455. The third-order valence-electron chi connectivity index (χ3n) is 2.27. The van der Waals surface area contributed by atoms with E-state index in [4.69, 9.17) is 10.6 Å². The molecule has 0 spiro atoms. The van der Waals surface area contributed by atoms with Gasteiger partial charge in [-0.2, -0.15) is 0 Å². The molecule has 1 aromatic rings. The van der Waals surface area contributed by atoms with Crippen molar-refractivity contribution in [2.45, 2.75) is 20.8 Å². The maximum absolute atomic E-state index is 13.3. The standard InChI is InChI=1S/C13H18FN3O/c1-9(2)12(17-15)8-16-10(3)18-13-7-5-4-6-11(13)14/h4-9,17H,15H2,1-3H3/b12-8+,16-10?. The monoisotopic (exact) mass is 251 g/mol. The number of hydrazine groups is 1. The molecule has 0 fully saturated rings. The first-order valence-electron chi connectivity index (χ1n) is 5.68. The summed E-state index contributed by atoms with van der Waals surface area (Å²) in [5, 5.41) is 0. The Morgan fingerprint density at radius 3 is 2.67 bits per heavy atom. The van der Waals surface area contributed by atoms with Gasteiger partial charge in [-0.3, -0.25) is 5.84 Å². The predicted octanol–water partition coefficient (Wildman–Crippen LogP) is 2.58. The van der Waals surface area contributed by atoms with Gasteiger partial charge in [-0.15, -0.1) is 0 Å². The van der Waals surface area contributed by atoms with Gasteiger partial charge >= 0.3 is 0 Å². The van der Waals surface area contributed by atoms with Gasteiger partial charge in [0.25, 0.3) is 0 Å². The highest BCUT2D eigenvalue weighted by molar-refractivity contribution is 5.76. The molecule has 0 saturated carbocycles. The van der Waals surface area contributed by atoms with Gasteiger partial charge in [0.15, 0.2) is 17.5 Å². The molecule has 0 amide bonds. The minimum atomic E-state index is -0.419. The fraction of sp³-hybridized carbons (Fsp3) is 0.308. The van der Waals surface area contributed by atoms with Gasteiger partial charge in [-0.1, -0.05) is 26.0 Å². The van der Waals surface area contributed by atoms with Crippen LogP contribution in [0, 0.1) is 11.7 Å². The number of nitrogens with two attached hydrogens (primary N) is 1. The van der Waals surface area contributed by atoms with Gasteiger partial charge in [0, 0.05) is 12.6 Å². The van der Waals surface area contributed by atoms with Crippen LogP contribution in [0.3, 0.4) is 0 Å². The third-order valence-corrected chi connectivity index (χ3v) is 2.27. The van der Waals surface area contributed by atoms with Crippen LogP contribution in [0.5, 0.6) is 5.75 Å². The molecule has 1 rings (SSSR count). The zero-order chi connectivity index (χ0) is 13.5. The van der Waals surface area contributed by atoms with Crippen molar-refractivity contribution in [3.05, 3.63) is 42.0 Å². The zero-order valence-electron chi connectivity index (χ0n) is 10.8. The molecular formula is C13H18FN3O. The van der Waals surface area contributed by atoms with E-state index in [1.165, 1.54) is 6.07 Å². The maximum atomic E-state index is 13.3. The van der Waals surface area contributed by atoms with Gasteiger partial charge < -0.3 is 10.2 Å². The second kappa shape index (κ2) is 6.76. The highest BCUT2D eigenvalue weighted by Crippen LogP contribution is 2.15. The van der Waals surface area contributed by atoms with Crippen molar-refractivity contribution in [1.82, 2.24) is 5.43 Å². The molecule has 3 N–H and O–H groups in total. The molecule has 0 radical (unpaired) electrons. The molecule has 0 bridgehead atoms. The van der Waals surface area contributed by atoms with Crippen LogP contribution in [-0.4, -0.2) is 5.90 Å². The molecule has 0 aliphatic carbocycles. The number of allylic oxidation sites excluding steroid dienone is 1. The van der Waals surface area contributed by atoms with Crippen molar-refractivity contribution in [2.75, 3.05) is 0 Å². The number of rotatable bonds is 4. The molecular weight excluding hydrogens is 233 g/mol. The van der Waals surface area contributed by atoms with E-state index in [2.05, 4.69) is 10.4 Å². The Morgan fingerprint density at radius 2 is 2.11 bits per heavy atom. The molecule has 98 valence electrons. The number of benzene rings is 1. The van der Waals surface area contributed by atoms with E-state index in [0.29, 0.717) is 5.90 Å². The number of nitrogens with one attached hydrogen (secondary N) is 1. The zero-order valence-corrected chi connectivity index (χ0v) is 10.8. The molecule has 0 unspecified atom stereocenters. The number of ether oxygens (including phenoxy) is 1. The number of nitrogens with zero attached hydrogens (tertiary/aromatic N) is 1. The van der Waals surface area contributed by atoms with Gasteiger partial charge in [0.05, 0.1) is 6.20 Å². The summed E-state index contributed by atoms with van der Waals surface area (Å²) in [4.78, 5) is 4.08. The fourth-order valence-electron chi connectivity index (χ4n) is 1.23. The van der Waals surface area contributed by atoms with Crippen LogP contribution in [-0.2, 0) is 0 Å². The van der Waals surface area contributed by atoms with Gasteiger partial charge in [-0.05, 0) is 18.1 Å². The number of para-hydroxylation sites is 1. The summed E-state index contributed by atoms with van der Waals surface area (Å²) in [6.07, 6.45) is 1.57. The second-order valence-corrected chi connectivity index (χ2v) is 4.06. The summed E-state index contributed by atoms with van der Waals surface area (Å²) in [7, 11) is 0. The molecule has 0 aliphatic heterocycles. The molecule has 18 heavy (non-hydrogen) atoms. The van der Waals surface area contributed by atoms with E-state index in [1.807, 2.05) is 13.8 Å². The molecule has 0 aromatic heterocycles. The molecule has 0 saturated heterocycles. The third kappa shape index (κ3) is 4.18. The van der Waals surface area contributed by atoms with Crippen LogP contribution in [0.4, 0.5) is 4.39 Å². The first kappa shape index (κ1) is 14.2. The van der Waals surface area contributed by atoms with E-state index >= 15 is 0 Å². The van der Waals surface area contributed by atoms with Gasteiger partial charge in [-0.25, -0.2) is 9.38 Å². The lowest BCUT2D eigenvalue weighted by molar-refractivity contribution is 0.488. The fourth-order valence-corrected chi connectivity index (χ4v) is 1.23.